The van der Waals surface area contributed by atoms with Gasteiger partial charge in [-0.1, -0.05) is 23.7 Å². The van der Waals surface area contributed by atoms with Gasteiger partial charge >= 0.3 is 0 Å². The Labute approximate surface area is 144 Å². The first-order valence-electron chi connectivity index (χ1n) is 7.45. The number of benzene rings is 1. The van der Waals surface area contributed by atoms with E-state index in [0.717, 1.165) is 11.3 Å². The van der Waals surface area contributed by atoms with Gasteiger partial charge in [0, 0.05) is 11.8 Å². The minimum Gasteiger partial charge on any atom is -0.460 e. The molecule has 2 heterocycles. The van der Waals surface area contributed by atoms with Crippen LogP contribution in [0.3, 0.4) is 0 Å². The normalized spacial score (nSPS) is 10.6. The fourth-order valence-corrected chi connectivity index (χ4v) is 2.51. The number of aryl methyl sites for hydroxylation is 2. The molecule has 0 unspecified atom stereocenters. The highest BCUT2D eigenvalue weighted by Gasteiger charge is 2.17. The highest BCUT2D eigenvalue weighted by molar-refractivity contribution is 6.33. The van der Waals surface area contributed by atoms with Crippen molar-refractivity contribution in [2.45, 2.75) is 20.4 Å². The number of hydrogen-bond donors (Lipinski definition) is 1. The maximum atomic E-state index is 12.4. The van der Waals surface area contributed by atoms with Crippen molar-refractivity contribution in [3.8, 4) is 11.3 Å². The summed E-state index contributed by atoms with van der Waals surface area (Å²) in [5.74, 6) is 0.882. The van der Waals surface area contributed by atoms with E-state index in [0.29, 0.717) is 34.3 Å². The molecule has 0 bridgehead atoms. The molecule has 0 saturated carbocycles. The van der Waals surface area contributed by atoms with Crippen LogP contribution in [0.1, 0.15) is 27.5 Å². The Morgan fingerprint density at radius 1 is 1.21 bits per heavy atom. The molecule has 0 fully saturated rings. The molecular weight excluding hydrogens is 326 g/mol. The molecule has 0 radical (unpaired) electrons. The van der Waals surface area contributed by atoms with Gasteiger partial charge in [-0.15, -0.1) is 0 Å². The van der Waals surface area contributed by atoms with Crippen LogP contribution in [-0.2, 0) is 6.54 Å². The van der Waals surface area contributed by atoms with Crippen LogP contribution >= 0.6 is 11.6 Å². The fourth-order valence-electron chi connectivity index (χ4n) is 2.28. The van der Waals surface area contributed by atoms with E-state index in [1.54, 1.807) is 31.5 Å². The van der Waals surface area contributed by atoms with E-state index in [9.17, 15) is 4.79 Å². The van der Waals surface area contributed by atoms with Crippen molar-refractivity contribution in [1.29, 1.82) is 0 Å². The van der Waals surface area contributed by atoms with Crippen LogP contribution in [0.15, 0.2) is 47.1 Å². The van der Waals surface area contributed by atoms with Crippen molar-refractivity contribution >= 4 is 17.5 Å². The zero-order valence-corrected chi connectivity index (χ0v) is 14.1. The molecular formula is C18H16ClN3O2. The van der Waals surface area contributed by atoms with Gasteiger partial charge in [0.25, 0.3) is 5.91 Å². The van der Waals surface area contributed by atoms with Crippen LogP contribution in [0.4, 0.5) is 0 Å². The number of nitrogens with one attached hydrogen (secondary N) is 1. The second-order valence-corrected chi connectivity index (χ2v) is 5.80. The number of halogens is 1. The molecule has 2 aromatic heterocycles. The quantitative estimate of drug-likeness (QED) is 0.780. The molecule has 0 aliphatic heterocycles. The van der Waals surface area contributed by atoms with E-state index in [-0.39, 0.29) is 5.91 Å². The number of hydrogen-bond acceptors (Lipinski definition) is 4. The van der Waals surface area contributed by atoms with Crippen molar-refractivity contribution in [2.24, 2.45) is 0 Å². The first-order valence-corrected chi connectivity index (χ1v) is 7.83. The fraction of sp³-hybridized carbons (Fsp3) is 0.167. The first-order chi connectivity index (χ1) is 11.5. The summed E-state index contributed by atoms with van der Waals surface area (Å²) in [6.45, 7) is 3.92. The molecule has 3 rings (SSSR count). The number of rotatable bonds is 4. The summed E-state index contributed by atoms with van der Waals surface area (Å²) in [6, 6.07) is 9.05. The Kier molecular flexibility index (Phi) is 4.62. The van der Waals surface area contributed by atoms with Gasteiger partial charge < -0.3 is 9.73 Å². The lowest BCUT2D eigenvalue weighted by atomic mass is 10.1. The topological polar surface area (TPSA) is 68.0 Å². The average Bonchev–Trinajstić information content (AvgIpc) is 2.96. The van der Waals surface area contributed by atoms with Gasteiger partial charge in [-0.05, 0) is 32.0 Å². The molecule has 0 aliphatic rings. The summed E-state index contributed by atoms with van der Waals surface area (Å²) in [4.78, 5) is 20.7. The number of furan rings is 1. The van der Waals surface area contributed by atoms with Gasteiger partial charge in [0.15, 0.2) is 0 Å². The number of aromatic nitrogens is 2. The van der Waals surface area contributed by atoms with Gasteiger partial charge in [-0.3, -0.25) is 14.8 Å². The molecule has 0 saturated heterocycles. The van der Waals surface area contributed by atoms with Crippen LogP contribution in [0.2, 0.25) is 5.02 Å². The smallest absolute Gasteiger partial charge is 0.255 e. The van der Waals surface area contributed by atoms with E-state index in [2.05, 4.69) is 15.3 Å². The summed E-state index contributed by atoms with van der Waals surface area (Å²) in [5, 5.41) is 3.40. The predicted molar refractivity (Wildman–Crippen MR) is 91.8 cm³/mol. The average molecular weight is 342 g/mol. The lowest BCUT2D eigenvalue weighted by molar-refractivity contribution is 0.0949. The van der Waals surface area contributed by atoms with E-state index < -0.39 is 0 Å². The van der Waals surface area contributed by atoms with Crippen LogP contribution in [-0.4, -0.2) is 15.9 Å². The summed E-state index contributed by atoms with van der Waals surface area (Å²) in [6.07, 6.45) is 3.31. The molecule has 0 aliphatic carbocycles. The Morgan fingerprint density at radius 3 is 2.71 bits per heavy atom. The second kappa shape index (κ2) is 6.84. The van der Waals surface area contributed by atoms with Gasteiger partial charge in [-0.25, -0.2) is 0 Å². The van der Waals surface area contributed by atoms with E-state index in [1.165, 1.54) is 0 Å². The Bertz CT molecular complexity index is 872. The van der Waals surface area contributed by atoms with Crippen LogP contribution in [0.25, 0.3) is 11.3 Å². The third-order valence-electron chi connectivity index (χ3n) is 3.57. The summed E-state index contributed by atoms with van der Waals surface area (Å²) in [7, 11) is 0. The number of carbonyl (C=O) groups excluding carboxylic acids is 1. The van der Waals surface area contributed by atoms with Crippen LogP contribution in [0.5, 0.6) is 0 Å². The number of nitrogens with zero attached hydrogens (tertiary/aromatic N) is 2. The maximum absolute atomic E-state index is 12.4. The lowest BCUT2D eigenvalue weighted by Crippen LogP contribution is -2.23. The largest absolute Gasteiger partial charge is 0.460 e. The monoisotopic (exact) mass is 341 g/mol. The summed E-state index contributed by atoms with van der Waals surface area (Å²) >= 11 is 6.18. The maximum Gasteiger partial charge on any atom is 0.255 e. The van der Waals surface area contributed by atoms with Gasteiger partial charge in [0.2, 0.25) is 0 Å². The van der Waals surface area contributed by atoms with Gasteiger partial charge in [-0.2, -0.15) is 0 Å². The third kappa shape index (κ3) is 3.46. The summed E-state index contributed by atoms with van der Waals surface area (Å²) < 4.78 is 5.70. The molecule has 1 amide bonds. The van der Waals surface area contributed by atoms with E-state index >= 15 is 0 Å². The predicted octanol–water partition coefficient (Wildman–Crippen LogP) is 3.94. The second-order valence-electron chi connectivity index (χ2n) is 5.39. The molecule has 1 aromatic carbocycles. The van der Waals surface area contributed by atoms with Crippen molar-refractivity contribution < 1.29 is 9.21 Å². The zero-order chi connectivity index (χ0) is 17.1. The highest BCUT2D eigenvalue weighted by atomic mass is 35.5. The van der Waals surface area contributed by atoms with E-state index in [1.807, 2.05) is 25.1 Å². The number of amides is 1. The van der Waals surface area contributed by atoms with Crippen LogP contribution < -0.4 is 5.32 Å². The molecule has 24 heavy (non-hydrogen) atoms. The Hall–Kier alpha value is -2.66. The summed E-state index contributed by atoms with van der Waals surface area (Å²) in [5.41, 5.74) is 2.76. The van der Waals surface area contributed by atoms with Crippen LogP contribution in [0, 0.1) is 13.8 Å². The number of carbonyl (C=O) groups is 1. The molecule has 1 N–H and O–H groups in total. The minimum atomic E-state index is -0.225. The minimum absolute atomic E-state index is 0.225. The molecule has 0 atom stereocenters. The highest BCUT2D eigenvalue weighted by Crippen LogP contribution is 2.30. The first kappa shape index (κ1) is 16.2. The standard InChI is InChI=1S/C18H16ClN3O2/c1-11-8-21-13(9-20-11)10-22-18(23)15-7-17(24-12(15)2)14-5-3-4-6-16(14)19/h3-9H,10H2,1-2H3,(H,22,23). The van der Waals surface area contributed by atoms with Crippen molar-refractivity contribution in [3.05, 3.63) is 70.5 Å². The molecule has 6 heteroatoms. The Morgan fingerprint density at radius 2 is 2.00 bits per heavy atom. The van der Waals surface area contributed by atoms with E-state index in [4.69, 9.17) is 16.0 Å². The van der Waals surface area contributed by atoms with Crippen molar-refractivity contribution in [1.82, 2.24) is 15.3 Å². The van der Waals surface area contributed by atoms with Crippen molar-refractivity contribution in [3.63, 3.8) is 0 Å². The van der Waals surface area contributed by atoms with Crippen molar-refractivity contribution in [2.75, 3.05) is 0 Å². The van der Waals surface area contributed by atoms with Gasteiger partial charge in [0.1, 0.15) is 11.5 Å². The molecule has 3 aromatic rings. The Balaban J connectivity index is 1.76. The zero-order valence-electron chi connectivity index (χ0n) is 13.3. The molecule has 122 valence electrons. The SMILES string of the molecule is Cc1cnc(CNC(=O)c2cc(-c3ccccc3Cl)oc2C)cn1. The molecule has 5 nitrogen and oxygen atoms in total. The van der Waals surface area contributed by atoms with Gasteiger partial charge in [0.05, 0.1) is 34.7 Å². The lowest BCUT2D eigenvalue weighted by Gasteiger charge is -2.03. The third-order valence-corrected chi connectivity index (χ3v) is 3.90. The molecule has 0 spiro atoms.